The smallest absolute Gasteiger partial charge is 0.250 e. The topological polar surface area (TPSA) is 99.6 Å². The number of nitrogen functional groups attached to an aromatic ring is 1. The number of ether oxygens (including phenoxy) is 2. The minimum absolute atomic E-state index is 0.266. The molecule has 0 aromatic heterocycles. The van der Waals surface area contributed by atoms with Crippen molar-refractivity contribution >= 4 is 23.0 Å². The Bertz CT molecular complexity index is 671. The molecule has 0 bridgehead atoms. The third-order valence-electron chi connectivity index (χ3n) is 3.00. The summed E-state index contributed by atoms with van der Waals surface area (Å²) in [4.78, 5) is 11.3. The third-order valence-corrected chi connectivity index (χ3v) is 3.00. The van der Waals surface area contributed by atoms with Gasteiger partial charge in [0.2, 0.25) is 0 Å². The van der Waals surface area contributed by atoms with Gasteiger partial charge in [0.15, 0.2) is 0 Å². The van der Waals surface area contributed by atoms with Crippen LogP contribution in [-0.2, 0) is 0 Å². The molecule has 0 atom stereocenters. The number of carbonyl (C=O) groups excluding carboxylic acids is 1. The fourth-order valence-electron chi connectivity index (χ4n) is 1.91. The van der Waals surface area contributed by atoms with Crippen molar-refractivity contribution in [2.24, 2.45) is 5.73 Å². The van der Waals surface area contributed by atoms with E-state index in [-0.39, 0.29) is 5.56 Å². The van der Waals surface area contributed by atoms with Crippen molar-refractivity contribution in [3.63, 3.8) is 0 Å². The third kappa shape index (κ3) is 3.17. The summed E-state index contributed by atoms with van der Waals surface area (Å²) in [5.41, 5.74) is 13.0. The molecule has 2 rings (SSSR count). The van der Waals surface area contributed by atoms with E-state index < -0.39 is 5.91 Å². The van der Waals surface area contributed by atoms with E-state index in [0.29, 0.717) is 28.6 Å². The highest BCUT2D eigenvalue weighted by molar-refractivity contribution is 5.99. The lowest BCUT2D eigenvalue weighted by Crippen LogP contribution is -2.13. The molecular weight excluding hydrogens is 270 g/mol. The zero-order valence-electron chi connectivity index (χ0n) is 11.8. The molecule has 2 aromatic carbocycles. The van der Waals surface area contributed by atoms with E-state index in [9.17, 15) is 4.79 Å². The minimum atomic E-state index is -0.575. The summed E-state index contributed by atoms with van der Waals surface area (Å²) in [6.07, 6.45) is 0. The van der Waals surface area contributed by atoms with E-state index in [4.69, 9.17) is 20.9 Å². The molecule has 0 aliphatic rings. The Kier molecular flexibility index (Phi) is 4.18. The molecule has 0 saturated heterocycles. The largest absolute Gasteiger partial charge is 0.497 e. The molecule has 21 heavy (non-hydrogen) atoms. The van der Waals surface area contributed by atoms with Crippen LogP contribution in [0.15, 0.2) is 36.4 Å². The highest BCUT2D eigenvalue weighted by Crippen LogP contribution is 2.32. The molecular formula is C15H17N3O3. The number of rotatable bonds is 5. The van der Waals surface area contributed by atoms with E-state index in [1.54, 1.807) is 50.6 Å². The van der Waals surface area contributed by atoms with Crippen LogP contribution in [0, 0.1) is 0 Å². The van der Waals surface area contributed by atoms with Gasteiger partial charge in [-0.05, 0) is 30.3 Å². The first kappa shape index (κ1) is 14.5. The summed E-state index contributed by atoms with van der Waals surface area (Å²) in [7, 11) is 3.16. The summed E-state index contributed by atoms with van der Waals surface area (Å²) in [6, 6.07) is 10.3. The van der Waals surface area contributed by atoms with Crippen molar-refractivity contribution < 1.29 is 14.3 Å². The maximum absolute atomic E-state index is 11.3. The average molecular weight is 287 g/mol. The van der Waals surface area contributed by atoms with Crippen LogP contribution in [0.4, 0.5) is 17.1 Å². The molecule has 0 aliphatic carbocycles. The van der Waals surface area contributed by atoms with Gasteiger partial charge in [0.05, 0.1) is 25.5 Å². The summed E-state index contributed by atoms with van der Waals surface area (Å²) >= 11 is 0. The second-order valence-electron chi connectivity index (χ2n) is 4.36. The van der Waals surface area contributed by atoms with Crippen molar-refractivity contribution in [1.29, 1.82) is 0 Å². The van der Waals surface area contributed by atoms with Crippen LogP contribution in [0.25, 0.3) is 0 Å². The monoisotopic (exact) mass is 287 g/mol. The van der Waals surface area contributed by atoms with Crippen LogP contribution in [0.2, 0.25) is 0 Å². The zero-order chi connectivity index (χ0) is 15.4. The molecule has 0 aliphatic heterocycles. The minimum Gasteiger partial charge on any atom is -0.497 e. The molecule has 2 aromatic rings. The van der Waals surface area contributed by atoms with Crippen molar-refractivity contribution in [3.05, 3.63) is 42.0 Å². The quantitative estimate of drug-likeness (QED) is 0.731. The number of amides is 1. The second kappa shape index (κ2) is 6.04. The maximum Gasteiger partial charge on any atom is 0.250 e. The van der Waals surface area contributed by atoms with Crippen LogP contribution < -0.4 is 26.3 Å². The van der Waals surface area contributed by atoms with E-state index in [1.165, 1.54) is 0 Å². The predicted molar refractivity (Wildman–Crippen MR) is 82.2 cm³/mol. The van der Waals surface area contributed by atoms with Gasteiger partial charge < -0.3 is 26.3 Å². The zero-order valence-corrected chi connectivity index (χ0v) is 11.8. The lowest BCUT2D eigenvalue weighted by atomic mass is 10.1. The molecule has 0 heterocycles. The number of nitrogens with two attached hydrogens (primary N) is 2. The molecule has 0 fully saturated rings. The Morgan fingerprint density at radius 2 is 1.86 bits per heavy atom. The summed E-state index contributed by atoms with van der Waals surface area (Å²) in [5, 5.41) is 3.15. The van der Waals surface area contributed by atoms with Gasteiger partial charge in [0.25, 0.3) is 5.91 Å². The van der Waals surface area contributed by atoms with Gasteiger partial charge in [-0.3, -0.25) is 4.79 Å². The first-order valence-corrected chi connectivity index (χ1v) is 6.23. The first-order chi connectivity index (χ1) is 10.0. The Morgan fingerprint density at radius 1 is 1.10 bits per heavy atom. The molecule has 6 heteroatoms. The lowest BCUT2D eigenvalue weighted by Gasteiger charge is -2.13. The first-order valence-electron chi connectivity index (χ1n) is 6.23. The molecule has 5 N–H and O–H groups in total. The van der Waals surface area contributed by atoms with E-state index >= 15 is 0 Å². The summed E-state index contributed by atoms with van der Waals surface area (Å²) < 4.78 is 10.5. The number of methoxy groups -OCH3 is 2. The Hall–Kier alpha value is -2.89. The Labute approximate surface area is 122 Å². The fourth-order valence-corrected chi connectivity index (χ4v) is 1.91. The number of hydrogen-bond acceptors (Lipinski definition) is 5. The van der Waals surface area contributed by atoms with E-state index in [1.807, 2.05) is 0 Å². The lowest BCUT2D eigenvalue weighted by molar-refractivity contribution is 0.100. The molecule has 0 spiro atoms. The van der Waals surface area contributed by atoms with Gasteiger partial charge in [-0.15, -0.1) is 0 Å². The van der Waals surface area contributed by atoms with E-state index in [0.717, 1.165) is 0 Å². The van der Waals surface area contributed by atoms with E-state index in [2.05, 4.69) is 5.32 Å². The standard InChI is InChI=1S/C15H17N3O3/c1-20-10-4-6-14(21-2)13(8-10)18-9-3-5-12(16)11(7-9)15(17)19/h3-8,18H,16H2,1-2H3,(H2,17,19). The molecule has 1 amide bonds. The fraction of sp³-hybridized carbons (Fsp3) is 0.133. The molecule has 110 valence electrons. The number of anilines is 3. The number of benzene rings is 2. The van der Waals surface area contributed by atoms with Gasteiger partial charge >= 0.3 is 0 Å². The Balaban J connectivity index is 2.37. The average Bonchev–Trinajstić information content (AvgIpc) is 2.48. The second-order valence-corrected chi connectivity index (χ2v) is 4.36. The van der Waals surface area contributed by atoms with Crippen LogP contribution in [0.3, 0.4) is 0 Å². The van der Waals surface area contributed by atoms with Gasteiger partial charge in [0, 0.05) is 17.4 Å². The molecule has 6 nitrogen and oxygen atoms in total. The summed E-state index contributed by atoms with van der Waals surface area (Å²) in [6.45, 7) is 0. The highest BCUT2D eigenvalue weighted by Gasteiger charge is 2.09. The van der Waals surface area contributed by atoms with Gasteiger partial charge in [-0.1, -0.05) is 0 Å². The van der Waals surface area contributed by atoms with Gasteiger partial charge in [0.1, 0.15) is 11.5 Å². The predicted octanol–water partition coefficient (Wildman–Crippen LogP) is 2.13. The molecule has 0 saturated carbocycles. The number of carbonyl (C=O) groups is 1. The normalized spacial score (nSPS) is 10.0. The highest BCUT2D eigenvalue weighted by atomic mass is 16.5. The van der Waals surface area contributed by atoms with Crippen LogP contribution in [0.1, 0.15) is 10.4 Å². The number of primary amides is 1. The van der Waals surface area contributed by atoms with Crippen molar-refractivity contribution in [1.82, 2.24) is 0 Å². The summed E-state index contributed by atoms with van der Waals surface area (Å²) in [5.74, 6) is 0.755. The van der Waals surface area contributed by atoms with Gasteiger partial charge in [-0.2, -0.15) is 0 Å². The molecule has 0 unspecified atom stereocenters. The van der Waals surface area contributed by atoms with Crippen LogP contribution in [0.5, 0.6) is 11.5 Å². The van der Waals surface area contributed by atoms with Crippen molar-refractivity contribution in [3.8, 4) is 11.5 Å². The number of nitrogens with one attached hydrogen (secondary N) is 1. The Morgan fingerprint density at radius 3 is 2.48 bits per heavy atom. The SMILES string of the molecule is COc1ccc(OC)c(Nc2ccc(N)c(C(N)=O)c2)c1. The molecule has 0 radical (unpaired) electrons. The van der Waals surface area contributed by atoms with Crippen LogP contribution in [-0.4, -0.2) is 20.1 Å². The number of hydrogen-bond donors (Lipinski definition) is 3. The van der Waals surface area contributed by atoms with Gasteiger partial charge in [-0.25, -0.2) is 0 Å². The van der Waals surface area contributed by atoms with Crippen molar-refractivity contribution in [2.45, 2.75) is 0 Å². The van der Waals surface area contributed by atoms with Crippen molar-refractivity contribution in [2.75, 3.05) is 25.3 Å². The maximum atomic E-state index is 11.3. The van der Waals surface area contributed by atoms with Crippen LogP contribution >= 0.6 is 0 Å².